The van der Waals surface area contributed by atoms with Gasteiger partial charge in [0.1, 0.15) is 12.2 Å². The predicted octanol–water partition coefficient (Wildman–Crippen LogP) is 1.48. The highest BCUT2D eigenvalue weighted by Gasteiger charge is 2.30. The van der Waals surface area contributed by atoms with Gasteiger partial charge in [0.05, 0.1) is 4.88 Å². The Morgan fingerprint density at radius 2 is 2.26 bits per heavy atom. The Morgan fingerprint density at radius 1 is 1.58 bits per heavy atom. The zero-order valence-electron chi connectivity index (χ0n) is 11.7. The summed E-state index contributed by atoms with van der Waals surface area (Å²) in [5.74, 6) is 5.39. The van der Waals surface area contributed by atoms with Crippen molar-refractivity contribution in [3.63, 3.8) is 0 Å². The lowest BCUT2D eigenvalue weighted by atomic mass is 10.1. The van der Waals surface area contributed by atoms with Crippen LogP contribution < -0.4 is 0 Å². The van der Waals surface area contributed by atoms with Crippen molar-refractivity contribution < 1.29 is 14.6 Å². The third kappa shape index (κ3) is 4.35. The summed E-state index contributed by atoms with van der Waals surface area (Å²) in [4.78, 5) is 14.6. The van der Waals surface area contributed by atoms with Gasteiger partial charge >= 0.3 is 0 Å². The number of hydrogen-bond acceptors (Lipinski definition) is 4. The number of carbonyl (C=O) groups is 1. The number of carbonyl (C=O) groups excluding carboxylic acids is 1. The monoisotopic (exact) mass is 281 g/mol. The third-order valence-electron chi connectivity index (χ3n) is 2.74. The molecule has 1 rings (SSSR count). The molecule has 0 radical (unpaired) electrons. The van der Waals surface area contributed by atoms with Crippen LogP contribution in [-0.2, 0) is 16.1 Å². The average molecular weight is 281 g/mol. The predicted molar refractivity (Wildman–Crippen MR) is 75.8 cm³/mol. The number of amides is 1. The second-order valence-corrected chi connectivity index (χ2v) is 5.57. The Bertz CT molecular complexity index is 496. The quantitative estimate of drug-likeness (QED) is 0.850. The molecule has 0 unspecified atom stereocenters. The molecule has 0 aromatic carbocycles. The van der Waals surface area contributed by atoms with E-state index in [0.717, 1.165) is 10.4 Å². The standard InChI is InChI=1S/C14H19NO3S/c1-14(2,18-4)13(17)15(3)9-11-8-12(19-10-11)6-5-7-16/h8,10,16H,7,9H2,1-4H3. The van der Waals surface area contributed by atoms with Crippen LogP contribution in [0.4, 0.5) is 0 Å². The molecule has 0 aliphatic rings. The lowest BCUT2D eigenvalue weighted by molar-refractivity contribution is -0.150. The fourth-order valence-electron chi connectivity index (χ4n) is 1.54. The first kappa shape index (κ1) is 15.7. The van der Waals surface area contributed by atoms with Crippen LogP contribution in [0.3, 0.4) is 0 Å². The van der Waals surface area contributed by atoms with Gasteiger partial charge in [-0.3, -0.25) is 4.79 Å². The summed E-state index contributed by atoms with van der Waals surface area (Å²) in [6, 6.07) is 1.93. The van der Waals surface area contributed by atoms with Gasteiger partial charge in [-0.25, -0.2) is 0 Å². The molecule has 1 aromatic heterocycles. The highest BCUT2D eigenvalue weighted by Crippen LogP contribution is 2.17. The van der Waals surface area contributed by atoms with Crippen molar-refractivity contribution >= 4 is 17.2 Å². The normalized spacial score (nSPS) is 10.8. The first-order chi connectivity index (χ1) is 8.90. The van der Waals surface area contributed by atoms with Crippen LogP contribution >= 0.6 is 11.3 Å². The molecule has 1 heterocycles. The number of rotatable bonds is 4. The summed E-state index contributed by atoms with van der Waals surface area (Å²) < 4.78 is 5.18. The molecule has 0 spiro atoms. The van der Waals surface area contributed by atoms with Crippen molar-refractivity contribution in [1.82, 2.24) is 4.90 Å². The van der Waals surface area contributed by atoms with Gasteiger partial charge in [-0.2, -0.15) is 0 Å². The van der Waals surface area contributed by atoms with Gasteiger partial charge in [-0.1, -0.05) is 11.8 Å². The van der Waals surface area contributed by atoms with Crippen LogP contribution in [0.2, 0.25) is 0 Å². The fraction of sp³-hybridized carbons (Fsp3) is 0.500. The van der Waals surface area contributed by atoms with E-state index in [0.29, 0.717) is 6.54 Å². The molecule has 104 valence electrons. The number of ether oxygens (including phenoxy) is 1. The molecule has 1 N–H and O–H groups in total. The number of aliphatic hydroxyl groups is 1. The average Bonchev–Trinajstić information content (AvgIpc) is 2.82. The van der Waals surface area contributed by atoms with Crippen molar-refractivity contribution in [3.05, 3.63) is 21.9 Å². The maximum atomic E-state index is 12.1. The van der Waals surface area contributed by atoms with E-state index >= 15 is 0 Å². The Kier molecular flexibility index (Phi) is 5.55. The van der Waals surface area contributed by atoms with Crippen LogP contribution in [-0.4, -0.2) is 42.3 Å². The Balaban J connectivity index is 2.69. The fourth-order valence-corrected chi connectivity index (χ4v) is 2.31. The molecule has 0 saturated carbocycles. The van der Waals surface area contributed by atoms with Gasteiger partial charge in [0.25, 0.3) is 5.91 Å². The summed E-state index contributed by atoms with van der Waals surface area (Å²) in [5, 5.41) is 10.6. The minimum Gasteiger partial charge on any atom is -0.384 e. The SMILES string of the molecule is COC(C)(C)C(=O)N(C)Cc1csc(C#CCO)c1. The Labute approximate surface area is 118 Å². The second-order valence-electron chi connectivity index (χ2n) is 4.65. The number of hydrogen-bond donors (Lipinski definition) is 1. The molecule has 0 atom stereocenters. The summed E-state index contributed by atoms with van der Waals surface area (Å²) in [7, 11) is 3.28. The number of methoxy groups -OCH3 is 1. The van der Waals surface area contributed by atoms with Gasteiger partial charge in [0.2, 0.25) is 0 Å². The zero-order valence-corrected chi connectivity index (χ0v) is 12.5. The molecule has 5 heteroatoms. The van der Waals surface area contributed by atoms with Crippen LogP contribution in [0.15, 0.2) is 11.4 Å². The highest BCUT2D eigenvalue weighted by molar-refractivity contribution is 7.10. The first-order valence-corrected chi connectivity index (χ1v) is 6.76. The molecule has 0 fully saturated rings. The highest BCUT2D eigenvalue weighted by atomic mass is 32.1. The molecule has 1 aromatic rings. The summed E-state index contributed by atoms with van der Waals surface area (Å²) in [6.45, 7) is 3.87. The largest absolute Gasteiger partial charge is 0.384 e. The zero-order chi connectivity index (χ0) is 14.5. The van der Waals surface area contributed by atoms with E-state index in [1.165, 1.54) is 18.4 Å². The molecule has 1 amide bonds. The first-order valence-electron chi connectivity index (χ1n) is 5.88. The van der Waals surface area contributed by atoms with Crippen LogP contribution in [0, 0.1) is 11.8 Å². The van der Waals surface area contributed by atoms with Gasteiger partial charge in [0.15, 0.2) is 0 Å². The van der Waals surface area contributed by atoms with E-state index in [4.69, 9.17) is 9.84 Å². The molecule has 19 heavy (non-hydrogen) atoms. The van der Waals surface area contributed by atoms with E-state index in [2.05, 4.69) is 11.8 Å². The summed E-state index contributed by atoms with van der Waals surface area (Å²) >= 11 is 1.50. The Hall–Kier alpha value is -1.35. The summed E-state index contributed by atoms with van der Waals surface area (Å²) in [6.07, 6.45) is 0. The lowest BCUT2D eigenvalue weighted by Gasteiger charge is -2.27. The Morgan fingerprint density at radius 3 is 2.84 bits per heavy atom. The summed E-state index contributed by atoms with van der Waals surface area (Å²) in [5.41, 5.74) is 0.208. The van der Waals surface area contributed by atoms with Crippen molar-refractivity contribution in [1.29, 1.82) is 0 Å². The van der Waals surface area contributed by atoms with Crippen LogP contribution in [0.25, 0.3) is 0 Å². The van der Waals surface area contributed by atoms with E-state index in [9.17, 15) is 4.79 Å². The second kappa shape index (κ2) is 6.71. The molecular weight excluding hydrogens is 262 g/mol. The van der Waals surface area contributed by atoms with E-state index < -0.39 is 5.60 Å². The molecule has 0 bridgehead atoms. The van der Waals surface area contributed by atoms with Gasteiger partial charge < -0.3 is 14.7 Å². The van der Waals surface area contributed by atoms with Crippen molar-refractivity contribution in [2.45, 2.75) is 26.0 Å². The van der Waals surface area contributed by atoms with E-state index in [-0.39, 0.29) is 12.5 Å². The van der Waals surface area contributed by atoms with Crippen molar-refractivity contribution in [2.24, 2.45) is 0 Å². The maximum Gasteiger partial charge on any atom is 0.254 e. The topological polar surface area (TPSA) is 49.8 Å². The third-order valence-corrected chi connectivity index (χ3v) is 3.63. The van der Waals surface area contributed by atoms with E-state index in [1.807, 2.05) is 11.4 Å². The van der Waals surface area contributed by atoms with Crippen molar-refractivity contribution in [3.8, 4) is 11.8 Å². The molecule has 0 saturated heterocycles. The van der Waals surface area contributed by atoms with Gasteiger partial charge in [0, 0.05) is 20.7 Å². The van der Waals surface area contributed by atoms with Crippen molar-refractivity contribution in [2.75, 3.05) is 20.8 Å². The number of aliphatic hydroxyl groups excluding tert-OH is 1. The maximum absolute atomic E-state index is 12.1. The molecule has 0 aliphatic carbocycles. The minimum absolute atomic E-state index is 0.0656. The molecule has 0 aliphatic heterocycles. The molecule has 4 nitrogen and oxygen atoms in total. The minimum atomic E-state index is -0.815. The van der Waals surface area contributed by atoms with E-state index in [1.54, 1.807) is 25.8 Å². The van der Waals surface area contributed by atoms with Crippen LogP contribution in [0.5, 0.6) is 0 Å². The number of likely N-dealkylation sites (N-methyl/N-ethyl adjacent to an activating group) is 1. The number of thiophene rings is 1. The molecular formula is C14H19NO3S. The van der Waals surface area contributed by atoms with Gasteiger partial charge in [-0.05, 0) is 30.9 Å². The van der Waals surface area contributed by atoms with Gasteiger partial charge in [-0.15, -0.1) is 11.3 Å². The van der Waals surface area contributed by atoms with Crippen LogP contribution in [0.1, 0.15) is 24.3 Å². The number of nitrogens with zero attached hydrogens (tertiary/aromatic N) is 1. The smallest absolute Gasteiger partial charge is 0.254 e. The lowest BCUT2D eigenvalue weighted by Crippen LogP contribution is -2.44.